The van der Waals surface area contributed by atoms with Gasteiger partial charge in [0.1, 0.15) is 16.8 Å². The lowest BCUT2D eigenvalue weighted by atomic mass is 9.94. The van der Waals surface area contributed by atoms with E-state index in [1.807, 2.05) is 42.5 Å². The van der Waals surface area contributed by atoms with Crippen molar-refractivity contribution >= 4 is 34.2 Å². The lowest BCUT2D eigenvalue weighted by Crippen LogP contribution is -2.21. The molecule has 1 aliphatic rings. The van der Waals surface area contributed by atoms with Crippen molar-refractivity contribution in [2.75, 3.05) is 7.11 Å². The summed E-state index contributed by atoms with van der Waals surface area (Å²) >= 11 is 0. The van der Waals surface area contributed by atoms with Gasteiger partial charge in [0.25, 0.3) is 0 Å². The molecule has 0 N–H and O–H groups in total. The molecular formula is C33H27N3O3. The monoisotopic (exact) mass is 513 g/mol. The Bertz CT molecular complexity index is 1750. The summed E-state index contributed by atoms with van der Waals surface area (Å²) in [7, 11) is 1.66. The molecule has 0 saturated heterocycles. The minimum Gasteiger partial charge on any atom is -0.496 e. The Morgan fingerprint density at radius 3 is 2.41 bits per heavy atom. The molecule has 0 bridgehead atoms. The molecule has 39 heavy (non-hydrogen) atoms. The summed E-state index contributed by atoms with van der Waals surface area (Å²) in [4.78, 5) is 20.1. The maximum atomic E-state index is 13.3. The third kappa shape index (κ3) is 4.50. The number of ether oxygens (including phenoxy) is 1. The third-order valence-corrected chi connectivity index (χ3v) is 7.06. The van der Waals surface area contributed by atoms with Gasteiger partial charge in [-0.1, -0.05) is 90.6 Å². The summed E-state index contributed by atoms with van der Waals surface area (Å²) in [5.74, 6) is 0.307. The first-order valence-corrected chi connectivity index (χ1v) is 13.0. The first-order valence-electron chi connectivity index (χ1n) is 13.0. The van der Waals surface area contributed by atoms with Gasteiger partial charge < -0.3 is 9.57 Å². The Labute approximate surface area is 226 Å². The van der Waals surface area contributed by atoms with Crippen molar-refractivity contribution in [1.82, 2.24) is 15.2 Å². The standard InChI is InChI=1S/C33H27N3O3/c1-3-24-27(20-23-14-7-8-15-25(23)22-12-5-4-6-13-22)26-16-11-19-31(38-2)33(26)28(24)21-32(37)39-36-30-18-10-9-17-29(30)34-35-36/h4-20H,3,21H2,1-2H3/b27-20-. The van der Waals surface area contributed by atoms with Crippen molar-refractivity contribution in [2.24, 2.45) is 0 Å². The molecule has 0 saturated carbocycles. The van der Waals surface area contributed by atoms with Crippen LogP contribution in [0.5, 0.6) is 5.75 Å². The molecule has 0 fully saturated rings. The molecule has 192 valence electrons. The third-order valence-electron chi connectivity index (χ3n) is 7.06. The Kier molecular flexibility index (Phi) is 6.51. The van der Waals surface area contributed by atoms with Gasteiger partial charge in [-0.25, -0.2) is 4.79 Å². The molecule has 1 aliphatic carbocycles. The van der Waals surface area contributed by atoms with Crippen LogP contribution < -0.4 is 9.57 Å². The van der Waals surface area contributed by atoms with Crippen LogP contribution in [0.2, 0.25) is 0 Å². The van der Waals surface area contributed by atoms with Crippen molar-refractivity contribution in [3.8, 4) is 16.9 Å². The molecule has 6 heteroatoms. The smallest absolute Gasteiger partial charge is 0.339 e. The van der Waals surface area contributed by atoms with Crippen LogP contribution in [0.1, 0.15) is 36.5 Å². The van der Waals surface area contributed by atoms with Crippen molar-refractivity contribution in [2.45, 2.75) is 19.8 Å². The highest BCUT2D eigenvalue weighted by Gasteiger charge is 2.30. The molecule has 0 aliphatic heterocycles. The van der Waals surface area contributed by atoms with Crippen molar-refractivity contribution in [1.29, 1.82) is 0 Å². The molecule has 0 radical (unpaired) electrons. The van der Waals surface area contributed by atoms with Gasteiger partial charge in [0.05, 0.1) is 13.5 Å². The van der Waals surface area contributed by atoms with Gasteiger partial charge in [0, 0.05) is 5.56 Å². The zero-order valence-corrected chi connectivity index (χ0v) is 21.8. The van der Waals surface area contributed by atoms with E-state index in [1.54, 1.807) is 7.11 Å². The average molecular weight is 514 g/mol. The summed E-state index contributed by atoms with van der Waals surface area (Å²) in [6, 6.07) is 32.1. The van der Waals surface area contributed by atoms with Gasteiger partial charge in [-0.3, -0.25) is 0 Å². The number of rotatable bonds is 7. The molecule has 6 nitrogen and oxygen atoms in total. The van der Waals surface area contributed by atoms with Gasteiger partial charge in [-0.15, -0.1) is 5.10 Å². The predicted molar refractivity (Wildman–Crippen MR) is 154 cm³/mol. The molecule has 5 aromatic rings. The molecular weight excluding hydrogens is 486 g/mol. The van der Waals surface area contributed by atoms with Crippen LogP contribution in [0.25, 0.3) is 39.4 Å². The summed E-state index contributed by atoms with van der Waals surface area (Å²) in [6.07, 6.45) is 3.04. The molecule has 1 aromatic heterocycles. The van der Waals surface area contributed by atoms with E-state index >= 15 is 0 Å². The van der Waals surface area contributed by atoms with E-state index in [9.17, 15) is 4.79 Å². The number of carbonyl (C=O) groups is 1. The summed E-state index contributed by atoms with van der Waals surface area (Å²) in [6.45, 7) is 2.11. The fourth-order valence-electron chi connectivity index (χ4n) is 5.32. The van der Waals surface area contributed by atoms with Crippen LogP contribution in [0, 0.1) is 0 Å². The van der Waals surface area contributed by atoms with Crippen molar-refractivity contribution in [3.05, 3.63) is 119 Å². The molecule has 0 unspecified atom stereocenters. The Balaban J connectivity index is 1.43. The SMILES string of the molecule is CCC1=C(CC(=O)On2nnc3ccccc32)c2c(OC)cccc2/C1=C\c1ccccc1-c1ccccc1. The maximum absolute atomic E-state index is 13.3. The first kappa shape index (κ1) is 24.4. The number of nitrogens with zero attached hydrogens (tertiary/aromatic N) is 3. The first-order chi connectivity index (χ1) is 19.2. The molecule has 1 heterocycles. The van der Waals surface area contributed by atoms with Gasteiger partial charge in [-0.2, -0.15) is 0 Å². The Morgan fingerprint density at radius 2 is 1.59 bits per heavy atom. The fraction of sp³-hybridized carbons (Fsp3) is 0.121. The topological polar surface area (TPSA) is 66.2 Å². The van der Waals surface area contributed by atoms with Crippen LogP contribution in [0.3, 0.4) is 0 Å². The zero-order valence-electron chi connectivity index (χ0n) is 21.8. The van der Waals surface area contributed by atoms with Gasteiger partial charge >= 0.3 is 5.97 Å². The highest BCUT2D eigenvalue weighted by atomic mass is 16.7. The summed E-state index contributed by atoms with van der Waals surface area (Å²) in [5.41, 5.74) is 9.77. The second-order valence-corrected chi connectivity index (χ2v) is 9.30. The summed E-state index contributed by atoms with van der Waals surface area (Å²) in [5, 5.41) is 8.09. The second kappa shape index (κ2) is 10.4. The van der Waals surface area contributed by atoms with E-state index in [1.165, 1.54) is 4.85 Å². The Morgan fingerprint density at radius 1 is 0.846 bits per heavy atom. The zero-order chi connectivity index (χ0) is 26.8. The van der Waals surface area contributed by atoms with E-state index in [-0.39, 0.29) is 6.42 Å². The predicted octanol–water partition coefficient (Wildman–Crippen LogP) is 6.87. The van der Waals surface area contributed by atoms with E-state index in [0.29, 0.717) is 11.0 Å². The van der Waals surface area contributed by atoms with Crippen molar-refractivity contribution in [3.63, 3.8) is 0 Å². The van der Waals surface area contributed by atoms with Gasteiger partial charge in [-0.05, 0) is 74.9 Å². The quantitative estimate of drug-likeness (QED) is 0.222. The number of hydrogen-bond acceptors (Lipinski definition) is 5. The number of fused-ring (bicyclic) bond motifs is 2. The number of carbonyl (C=O) groups excluding carboxylic acids is 1. The molecule has 4 aromatic carbocycles. The van der Waals surface area contributed by atoms with Crippen molar-refractivity contribution < 1.29 is 14.4 Å². The Hall–Kier alpha value is -4.97. The van der Waals surface area contributed by atoms with E-state index in [2.05, 4.69) is 77.9 Å². The second-order valence-electron chi connectivity index (χ2n) is 9.30. The highest BCUT2D eigenvalue weighted by molar-refractivity contribution is 6.10. The molecule has 6 rings (SSSR count). The van der Waals surface area contributed by atoms with Crippen LogP contribution >= 0.6 is 0 Å². The largest absolute Gasteiger partial charge is 0.496 e. The van der Waals surface area contributed by atoms with Crippen LogP contribution in [-0.4, -0.2) is 28.2 Å². The van der Waals surface area contributed by atoms with Crippen LogP contribution in [0.4, 0.5) is 0 Å². The van der Waals surface area contributed by atoms with Gasteiger partial charge in [0.2, 0.25) is 0 Å². The lowest BCUT2D eigenvalue weighted by molar-refractivity contribution is -0.144. The number of para-hydroxylation sites is 1. The number of methoxy groups -OCH3 is 1. The number of allylic oxidation sites excluding steroid dienone is 2. The van der Waals surface area contributed by atoms with E-state index in [4.69, 9.17) is 9.57 Å². The maximum Gasteiger partial charge on any atom is 0.339 e. The molecule has 0 amide bonds. The highest BCUT2D eigenvalue weighted by Crippen LogP contribution is 2.49. The van der Waals surface area contributed by atoms with E-state index in [0.717, 1.165) is 56.7 Å². The van der Waals surface area contributed by atoms with Crippen LogP contribution in [0.15, 0.2) is 103 Å². The van der Waals surface area contributed by atoms with Gasteiger partial charge in [0.15, 0.2) is 0 Å². The number of hydrogen-bond donors (Lipinski definition) is 0. The minimum absolute atomic E-state index is 0.0718. The minimum atomic E-state index is -0.422. The number of benzene rings is 4. The van der Waals surface area contributed by atoms with Crippen LogP contribution in [-0.2, 0) is 4.79 Å². The average Bonchev–Trinajstić information content (AvgIpc) is 3.52. The number of aromatic nitrogens is 3. The summed E-state index contributed by atoms with van der Waals surface area (Å²) < 4.78 is 5.78. The lowest BCUT2D eigenvalue weighted by Gasteiger charge is -2.11. The molecule has 0 spiro atoms. The normalized spacial score (nSPS) is 13.6. The fourth-order valence-corrected chi connectivity index (χ4v) is 5.32. The van der Waals surface area contributed by atoms with E-state index < -0.39 is 5.97 Å². The molecule has 0 atom stereocenters.